The second-order valence-electron chi connectivity index (χ2n) is 10.8. The fraction of sp³-hybridized carbons (Fsp3) is 0. The number of aromatic nitrogens is 10. The summed E-state index contributed by atoms with van der Waals surface area (Å²) in [6, 6.07) is 32.2. The maximum absolute atomic E-state index is 5.13. The summed E-state index contributed by atoms with van der Waals surface area (Å²) in [5.74, 6) is 7.52. The lowest BCUT2D eigenvalue weighted by molar-refractivity contribution is 1.00. The smallest absolute Gasteiger partial charge is 0.164 e. The van der Waals surface area contributed by atoms with E-state index >= 15 is 0 Å². The van der Waals surface area contributed by atoms with Crippen molar-refractivity contribution in [3.05, 3.63) is 116 Å². The number of nitrogens with zero attached hydrogens (tertiary/aromatic N) is 8. The summed E-state index contributed by atoms with van der Waals surface area (Å²) in [4.78, 5) is 40.4. The second-order valence-corrected chi connectivity index (χ2v) is 10.8. The van der Waals surface area contributed by atoms with Gasteiger partial charge in [-0.05, 0) is 0 Å². The Morgan fingerprint density at radius 1 is 0.435 bits per heavy atom. The summed E-state index contributed by atoms with van der Waals surface area (Å²) in [6.45, 7) is 0. The molecule has 0 saturated carbocycles. The lowest BCUT2D eigenvalue weighted by atomic mass is 10.1. The van der Waals surface area contributed by atoms with Gasteiger partial charge in [0, 0.05) is 56.2 Å². The van der Waals surface area contributed by atoms with Crippen molar-refractivity contribution in [3.63, 3.8) is 0 Å². The zero-order valence-corrected chi connectivity index (χ0v) is 24.1. The van der Waals surface area contributed by atoms with E-state index in [2.05, 4.69) is 15.0 Å². The minimum atomic E-state index is 0.597. The van der Waals surface area contributed by atoms with Crippen LogP contribution in [0.3, 0.4) is 0 Å². The molecule has 0 radical (unpaired) electrons. The number of hydrogen-bond acceptors (Lipinski definition) is 8. The van der Waals surface area contributed by atoms with E-state index < -0.39 is 0 Å². The lowest BCUT2D eigenvalue weighted by Gasteiger charge is -1.96. The van der Waals surface area contributed by atoms with Gasteiger partial charge in [-0.25, -0.2) is 34.9 Å². The lowest BCUT2D eigenvalue weighted by Crippen LogP contribution is -2.02. The van der Waals surface area contributed by atoms with E-state index in [0.29, 0.717) is 45.9 Å². The molecular formula is C35H23N11. The number of rotatable bonds is 0. The molecule has 46 heavy (non-hydrogen) atoms. The minimum absolute atomic E-state index is 0.597. The highest BCUT2D eigenvalue weighted by Gasteiger charge is 2.21. The van der Waals surface area contributed by atoms with Crippen molar-refractivity contribution in [3.8, 4) is 45.6 Å². The van der Waals surface area contributed by atoms with Crippen LogP contribution in [0.2, 0.25) is 0 Å². The third-order valence-corrected chi connectivity index (χ3v) is 7.99. The quantitative estimate of drug-likeness (QED) is 0.168. The number of hydrogen-bond donors (Lipinski definition) is 3. The molecule has 4 aromatic carbocycles. The Hall–Kier alpha value is -6.75. The maximum Gasteiger partial charge on any atom is 0.164 e. The van der Waals surface area contributed by atoms with Crippen LogP contribution in [0.25, 0.3) is 89.7 Å². The van der Waals surface area contributed by atoms with Crippen LogP contribution in [0.1, 0.15) is 0 Å². The van der Waals surface area contributed by atoms with Crippen LogP contribution in [0.4, 0.5) is 0 Å². The Morgan fingerprint density at radius 2 is 0.761 bits per heavy atom. The van der Waals surface area contributed by atoms with Crippen LogP contribution in [-0.2, 0) is 0 Å². The predicted molar refractivity (Wildman–Crippen MR) is 178 cm³/mol. The first-order valence-electron chi connectivity index (χ1n) is 14.6. The normalized spacial score (nSPS) is 11.6. The van der Waals surface area contributed by atoms with Gasteiger partial charge in [0.05, 0.1) is 0 Å². The fourth-order valence-corrected chi connectivity index (χ4v) is 5.86. The molecule has 11 heteroatoms. The number of aromatic amines is 2. The average molecular weight is 598 g/mol. The summed E-state index contributed by atoms with van der Waals surface area (Å²) < 4.78 is 1.39. The van der Waals surface area contributed by atoms with E-state index in [0.717, 1.165) is 43.8 Å². The number of nitrogen functional groups attached to an aromatic ring is 1. The SMILES string of the molecule is Nn1ccnc1.c1ccc2c(c1)-c1nc-2nc2[nH]c(nc3nc(nc4[nH]c(n1)c1ccccc41)-c1ccccc1-3)c1ccccc21. The molecule has 0 aliphatic carbocycles. The van der Waals surface area contributed by atoms with Gasteiger partial charge < -0.3 is 15.8 Å². The van der Waals surface area contributed by atoms with Crippen LogP contribution in [0, 0.1) is 0 Å². The summed E-state index contributed by atoms with van der Waals surface area (Å²) in [5, 5.41) is 3.82. The molecule has 4 N–H and O–H groups in total. The third kappa shape index (κ3) is 4.18. The van der Waals surface area contributed by atoms with Crippen molar-refractivity contribution in [2.75, 3.05) is 5.84 Å². The molecule has 8 aromatic rings. The van der Waals surface area contributed by atoms with Crippen LogP contribution < -0.4 is 5.84 Å². The summed E-state index contributed by atoms with van der Waals surface area (Å²) in [5.41, 5.74) is 6.45. The highest BCUT2D eigenvalue weighted by molar-refractivity contribution is 6.06. The van der Waals surface area contributed by atoms with Crippen molar-refractivity contribution < 1.29 is 0 Å². The average Bonchev–Trinajstić information content (AvgIpc) is 3.92. The van der Waals surface area contributed by atoms with Gasteiger partial charge in [0.25, 0.3) is 0 Å². The summed E-state index contributed by atoms with van der Waals surface area (Å²) in [7, 11) is 0. The van der Waals surface area contributed by atoms with E-state index in [-0.39, 0.29) is 0 Å². The second kappa shape index (κ2) is 10.2. The van der Waals surface area contributed by atoms with Crippen LogP contribution in [0.15, 0.2) is 116 Å². The van der Waals surface area contributed by atoms with Gasteiger partial charge in [-0.2, -0.15) is 0 Å². The molecule has 0 atom stereocenters. The van der Waals surface area contributed by atoms with E-state index in [1.807, 2.05) is 97.1 Å². The monoisotopic (exact) mass is 597 g/mol. The predicted octanol–water partition coefficient (Wildman–Crippen LogP) is 6.47. The molecule has 0 spiro atoms. The van der Waals surface area contributed by atoms with Crippen LogP contribution >= 0.6 is 0 Å². The Labute approximate surface area is 260 Å². The van der Waals surface area contributed by atoms with E-state index in [1.165, 1.54) is 11.0 Å². The Balaban J connectivity index is 0.000000440. The van der Waals surface area contributed by atoms with Gasteiger partial charge in [-0.3, -0.25) is 4.68 Å². The summed E-state index contributed by atoms with van der Waals surface area (Å²) >= 11 is 0. The number of fused-ring (bicyclic) bond motifs is 20. The van der Waals surface area contributed by atoms with Crippen molar-refractivity contribution in [1.82, 2.24) is 49.5 Å². The Morgan fingerprint density at radius 3 is 1.02 bits per heavy atom. The number of nitrogens with one attached hydrogen (secondary N) is 2. The van der Waals surface area contributed by atoms with Gasteiger partial charge in [0.1, 0.15) is 28.9 Å². The van der Waals surface area contributed by atoms with Gasteiger partial charge in [0.2, 0.25) is 0 Å². The zero-order valence-electron chi connectivity index (χ0n) is 24.1. The topological polar surface area (TPSA) is 153 Å². The molecule has 218 valence electrons. The highest BCUT2D eigenvalue weighted by Crippen LogP contribution is 2.36. The van der Waals surface area contributed by atoms with Crippen molar-refractivity contribution in [2.24, 2.45) is 0 Å². The molecular weight excluding hydrogens is 574 g/mol. The van der Waals surface area contributed by atoms with E-state index in [9.17, 15) is 0 Å². The highest BCUT2D eigenvalue weighted by atomic mass is 15.3. The summed E-state index contributed by atoms with van der Waals surface area (Å²) in [6.07, 6.45) is 4.82. The molecule has 2 aliphatic rings. The molecule has 0 fully saturated rings. The number of imidazole rings is 1. The molecule has 11 nitrogen and oxygen atoms in total. The maximum atomic E-state index is 5.13. The molecule has 0 amide bonds. The van der Waals surface area contributed by atoms with Gasteiger partial charge >= 0.3 is 0 Å². The fourth-order valence-electron chi connectivity index (χ4n) is 5.86. The first-order chi connectivity index (χ1) is 22.7. The third-order valence-electron chi connectivity index (χ3n) is 7.99. The van der Waals surface area contributed by atoms with Crippen LogP contribution in [0.5, 0.6) is 0 Å². The molecule has 8 bridgehead atoms. The van der Waals surface area contributed by atoms with Crippen molar-refractivity contribution in [1.29, 1.82) is 0 Å². The molecule has 4 aromatic heterocycles. The zero-order chi connectivity index (χ0) is 30.6. The van der Waals surface area contributed by atoms with Gasteiger partial charge in [-0.1, -0.05) is 97.1 Å². The minimum Gasteiger partial charge on any atom is -0.338 e. The number of H-pyrrole nitrogens is 2. The molecule has 10 rings (SSSR count). The first-order valence-corrected chi connectivity index (χ1v) is 14.6. The molecule has 0 unspecified atom stereocenters. The Bertz CT molecular complexity index is 2300. The molecule has 6 heterocycles. The number of nitrogens with two attached hydrogens (primary N) is 1. The van der Waals surface area contributed by atoms with Crippen molar-refractivity contribution in [2.45, 2.75) is 0 Å². The molecule has 2 aliphatic heterocycles. The number of benzene rings is 4. The van der Waals surface area contributed by atoms with Gasteiger partial charge in [-0.15, -0.1) is 0 Å². The van der Waals surface area contributed by atoms with Crippen LogP contribution in [-0.4, -0.2) is 49.5 Å². The van der Waals surface area contributed by atoms with Crippen molar-refractivity contribution >= 4 is 44.1 Å². The van der Waals surface area contributed by atoms with Gasteiger partial charge in [0.15, 0.2) is 23.3 Å². The van der Waals surface area contributed by atoms with E-state index in [4.69, 9.17) is 35.7 Å². The standard InChI is InChI=1S/C32H18N8.C3H5N3/c1-2-10-18-17(9-1)25-33-26(18)38-28-21-13-5-6-14-22(21)30(35-28)40-32-24-16-8-7-15-23(24)31(36-32)39-29-20-12-4-3-11-19(20)27(34-29)37-25;4-6-2-1-5-3-6/h1-16H,(H2,33,34,35,36,37,38,39,40);1-3H,4H2. The van der Waals surface area contributed by atoms with E-state index in [1.54, 1.807) is 12.4 Å². The first kappa shape index (κ1) is 25.7. The molecule has 0 saturated heterocycles. The Kier molecular flexibility index (Phi) is 5.69. The largest absolute Gasteiger partial charge is 0.338 e.